The van der Waals surface area contributed by atoms with Gasteiger partial charge in [-0.3, -0.25) is 0 Å². The zero-order valence-electron chi connectivity index (χ0n) is 3.92. The van der Waals surface area contributed by atoms with Crippen LogP contribution in [0.15, 0.2) is 23.4 Å². The van der Waals surface area contributed by atoms with Crippen LogP contribution in [0.2, 0.25) is 0 Å². The standard InChI is InChI=1S/C6H6S/c1-2-6-3-4-7-5-6/h2-5H,1H2. The van der Waals surface area contributed by atoms with Crippen LogP contribution in [0.25, 0.3) is 6.08 Å². The minimum absolute atomic E-state index is 1.21. The van der Waals surface area contributed by atoms with Crippen LogP contribution < -0.4 is 0 Å². The van der Waals surface area contributed by atoms with Gasteiger partial charge in [0.2, 0.25) is 0 Å². The predicted molar refractivity (Wildman–Crippen MR) is 34.4 cm³/mol. The summed E-state index contributed by atoms with van der Waals surface area (Å²) in [6.45, 7) is 3.61. The maximum atomic E-state index is 3.61. The molecule has 1 heteroatoms. The molecule has 0 amide bonds. The van der Waals surface area contributed by atoms with Crippen LogP contribution in [0.1, 0.15) is 5.56 Å². The fraction of sp³-hybridized carbons (Fsp3) is 0. The second kappa shape index (κ2) is 1.94. The first-order valence-corrected chi connectivity index (χ1v) is 3.02. The normalized spacial score (nSPS) is 8.57. The lowest BCUT2D eigenvalue weighted by atomic mass is 10.3. The molecular formula is C6H6S. The molecule has 0 nitrogen and oxygen atoms in total. The summed E-state index contributed by atoms with van der Waals surface area (Å²) in [5.74, 6) is 0. The molecule has 0 spiro atoms. The molecule has 0 fully saturated rings. The van der Waals surface area contributed by atoms with Crippen molar-refractivity contribution in [2.75, 3.05) is 0 Å². The molecule has 1 aromatic rings. The second-order valence-electron chi connectivity index (χ2n) is 1.26. The maximum Gasteiger partial charge on any atom is -0.00210 e. The van der Waals surface area contributed by atoms with E-state index in [1.807, 2.05) is 17.5 Å². The number of hydrogen-bond acceptors (Lipinski definition) is 1. The molecule has 1 aromatic heterocycles. The van der Waals surface area contributed by atoms with Gasteiger partial charge in [0, 0.05) is 0 Å². The lowest BCUT2D eigenvalue weighted by molar-refractivity contribution is 1.90. The summed E-state index contributed by atoms with van der Waals surface area (Å²) >= 11 is 1.69. The number of rotatable bonds is 1. The Morgan fingerprint density at radius 2 is 2.57 bits per heavy atom. The van der Waals surface area contributed by atoms with Gasteiger partial charge >= 0.3 is 0 Å². The van der Waals surface area contributed by atoms with E-state index in [1.54, 1.807) is 11.3 Å². The molecule has 0 radical (unpaired) electrons. The molecule has 0 aliphatic carbocycles. The summed E-state index contributed by atoms with van der Waals surface area (Å²) < 4.78 is 0. The highest BCUT2D eigenvalue weighted by Crippen LogP contribution is 2.05. The van der Waals surface area contributed by atoms with Crippen LogP contribution in [0.4, 0.5) is 0 Å². The number of thiophene rings is 1. The van der Waals surface area contributed by atoms with E-state index in [9.17, 15) is 0 Å². The third-order valence-electron chi connectivity index (χ3n) is 0.779. The zero-order valence-corrected chi connectivity index (χ0v) is 4.74. The van der Waals surface area contributed by atoms with Gasteiger partial charge in [-0.25, -0.2) is 0 Å². The third-order valence-corrected chi connectivity index (χ3v) is 1.48. The van der Waals surface area contributed by atoms with E-state index >= 15 is 0 Å². The lowest BCUT2D eigenvalue weighted by Gasteiger charge is -1.71. The maximum absolute atomic E-state index is 3.61. The molecular weight excluding hydrogens is 104 g/mol. The summed E-state index contributed by atoms with van der Waals surface area (Å²) in [7, 11) is 0. The quantitative estimate of drug-likeness (QED) is 0.520. The molecule has 0 atom stereocenters. The van der Waals surface area contributed by atoms with E-state index in [0.717, 1.165) is 0 Å². The first kappa shape index (κ1) is 4.60. The molecule has 36 valence electrons. The first-order valence-electron chi connectivity index (χ1n) is 2.08. The van der Waals surface area contributed by atoms with Gasteiger partial charge < -0.3 is 0 Å². The SMILES string of the molecule is C=Cc1ccsc1. The minimum atomic E-state index is 1.21. The Morgan fingerprint density at radius 3 is 2.86 bits per heavy atom. The van der Waals surface area contributed by atoms with Gasteiger partial charge in [-0.15, -0.1) is 0 Å². The van der Waals surface area contributed by atoms with Gasteiger partial charge in [-0.1, -0.05) is 12.7 Å². The van der Waals surface area contributed by atoms with Crippen molar-refractivity contribution in [3.8, 4) is 0 Å². The van der Waals surface area contributed by atoms with E-state index in [2.05, 4.69) is 12.0 Å². The molecule has 0 aliphatic rings. The van der Waals surface area contributed by atoms with Gasteiger partial charge in [0.25, 0.3) is 0 Å². The molecule has 1 rings (SSSR count). The Balaban J connectivity index is 2.96. The van der Waals surface area contributed by atoms with E-state index in [4.69, 9.17) is 0 Å². The van der Waals surface area contributed by atoms with E-state index < -0.39 is 0 Å². The zero-order chi connectivity index (χ0) is 5.11. The fourth-order valence-corrected chi connectivity index (χ4v) is 1.04. The highest BCUT2D eigenvalue weighted by Gasteiger charge is 1.78. The molecule has 0 saturated carbocycles. The van der Waals surface area contributed by atoms with Crippen molar-refractivity contribution in [1.82, 2.24) is 0 Å². The first-order chi connectivity index (χ1) is 3.43. The molecule has 0 N–H and O–H groups in total. The average molecular weight is 110 g/mol. The monoisotopic (exact) mass is 110 g/mol. The van der Waals surface area contributed by atoms with Gasteiger partial charge in [-0.05, 0) is 22.4 Å². The van der Waals surface area contributed by atoms with E-state index in [-0.39, 0.29) is 0 Å². The van der Waals surface area contributed by atoms with Crippen molar-refractivity contribution in [2.24, 2.45) is 0 Å². The molecule has 0 saturated heterocycles. The van der Waals surface area contributed by atoms with Gasteiger partial charge in [0.05, 0.1) is 0 Å². The molecule has 0 aromatic carbocycles. The van der Waals surface area contributed by atoms with Crippen LogP contribution >= 0.6 is 11.3 Å². The fourth-order valence-electron chi connectivity index (χ4n) is 0.391. The summed E-state index contributed by atoms with van der Waals surface area (Å²) in [6.07, 6.45) is 1.84. The second-order valence-corrected chi connectivity index (χ2v) is 2.04. The van der Waals surface area contributed by atoms with Crippen molar-refractivity contribution in [3.05, 3.63) is 29.0 Å². The molecule has 0 unspecified atom stereocenters. The van der Waals surface area contributed by atoms with Crippen LogP contribution in [-0.2, 0) is 0 Å². The van der Waals surface area contributed by atoms with Crippen molar-refractivity contribution in [3.63, 3.8) is 0 Å². The topological polar surface area (TPSA) is 0 Å². The molecule has 0 aliphatic heterocycles. The van der Waals surface area contributed by atoms with Crippen LogP contribution in [0, 0.1) is 0 Å². The Kier molecular flexibility index (Phi) is 1.27. The summed E-state index contributed by atoms with van der Waals surface area (Å²) in [4.78, 5) is 0. The minimum Gasteiger partial charge on any atom is -0.152 e. The van der Waals surface area contributed by atoms with E-state index in [0.29, 0.717) is 0 Å². The average Bonchev–Trinajstić information content (AvgIpc) is 2.14. The van der Waals surface area contributed by atoms with Crippen molar-refractivity contribution in [1.29, 1.82) is 0 Å². The van der Waals surface area contributed by atoms with Crippen LogP contribution in [0.3, 0.4) is 0 Å². The highest BCUT2D eigenvalue weighted by atomic mass is 32.1. The molecule has 0 bridgehead atoms. The van der Waals surface area contributed by atoms with Crippen molar-refractivity contribution < 1.29 is 0 Å². The van der Waals surface area contributed by atoms with Crippen LogP contribution in [-0.4, -0.2) is 0 Å². The molecule has 1 heterocycles. The number of hydrogen-bond donors (Lipinski definition) is 0. The van der Waals surface area contributed by atoms with Gasteiger partial charge in [0.1, 0.15) is 0 Å². The van der Waals surface area contributed by atoms with Crippen LogP contribution in [0.5, 0.6) is 0 Å². The van der Waals surface area contributed by atoms with Gasteiger partial charge in [-0.2, -0.15) is 11.3 Å². The Labute approximate surface area is 47.1 Å². The Morgan fingerprint density at radius 1 is 1.71 bits per heavy atom. The summed E-state index contributed by atoms with van der Waals surface area (Å²) in [5.41, 5.74) is 1.21. The third kappa shape index (κ3) is 0.904. The van der Waals surface area contributed by atoms with E-state index in [1.165, 1.54) is 5.56 Å². The highest BCUT2D eigenvalue weighted by molar-refractivity contribution is 7.08. The Bertz CT molecular complexity index is 139. The van der Waals surface area contributed by atoms with Crippen molar-refractivity contribution >= 4 is 17.4 Å². The summed E-state index contributed by atoms with van der Waals surface area (Å²) in [5, 5.41) is 4.10. The van der Waals surface area contributed by atoms with Crippen molar-refractivity contribution in [2.45, 2.75) is 0 Å². The van der Waals surface area contributed by atoms with Gasteiger partial charge in [0.15, 0.2) is 0 Å². The molecule has 7 heavy (non-hydrogen) atoms. The smallest absolute Gasteiger partial charge is 0.00210 e. The Hall–Kier alpha value is -0.560. The summed E-state index contributed by atoms with van der Waals surface area (Å²) in [6, 6.07) is 2.04. The predicted octanol–water partition coefficient (Wildman–Crippen LogP) is 2.39. The largest absolute Gasteiger partial charge is 0.152 e. The lowest BCUT2D eigenvalue weighted by Crippen LogP contribution is -1.50.